The predicted molar refractivity (Wildman–Crippen MR) is 268 cm³/mol. The van der Waals surface area contributed by atoms with Gasteiger partial charge in [0.2, 0.25) is 0 Å². The van der Waals surface area contributed by atoms with E-state index in [0.29, 0.717) is 5.92 Å². The molecular weight excluding hydrogens is 777 g/mol. The number of hydrogen-bond donors (Lipinski definition) is 0. The zero-order valence-corrected chi connectivity index (χ0v) is 35.8. The molecule has 0 radical (unpaired) electrons. The molecule has 64 heavy (non-hydrogen) atoms. The van der Waals surface area contributed by atoms with E-state index < -0.39 is 0 Å². The van der Waals surface area contributed by atoms with Gasteiger partial charge < -0.3 is 14.0 Å². The second kappa shape index (κ2) is 14.4. The first-order chi connectivity index (χ1) is 31.6. The van der Waals surface area contributed by atoms with Crippen molar-refractivity contribution in [1.82, 2.24) is 14.1 Å². The number of hydrogen-bond acceptors (Lipinski definition) is 2. The van der Waals surface area contributed by atoms with Crippen LogP contribution >= 0.6 is 0 Å². The molecule has 4 aliphatic rings. The van der Waals surface area contributed by atoms with Gasteiger partial charge in [0, 0.05) is 78.4 Å². The van der Waals surface area contributed by atoms with Crippen LogP contribution in [0.5, 0.6) is 0 Å². The van der Waals surface area contributed by atoms with Crippen molar-refractivity contribution in [3.05, 3.63) is 229 Å². The highest BCUT2D eigenvalue weighted by atomic mass is 15.2. The highest BCUT2D eigenvalue weighted by Crippen LogP contribution is 2.55. The minimum absolute atomic E-state index is 0.272. The highest BCUT2D eigenvalue weighted by Gasteiger charge is 2.36. The van der Waals surface area contributed by atoms with Gasteiger partial charge in [0.1, 0.15) is 0 Å². The first-order valence-corrected chi connectivity index (χ1v) is 22.7. The summed E-state index contributed by atoms with van der Waals surface area (Å²) in [6.45, 7) is 2.35. The van der Waals surface area contributed by atoms with E-state index in [4.69, 9.17) is 4.98 Å². The minimum atomic E-state index is -0.328. The van der Waals surface area contributed by atoms with E-state index in [0.717, 1.165) is 36.2 Å². The van der Waals surface area contributed by atoms with E-state index in [1.54, 1.807) is 0 Å². The summed E-state index contributed by atoms with van der Waals surface area (Å²) in [4.78, 5) is 7.97. The van der Waals surface area contributed by atoms with E-state index in [2.05, 4.69) is 233 Å². The van der Waals surface area contributed by atoms with E-state index in [9.17, 15) is 0 Å². The zero-order valence-electron chi connectivity index (χ0n) is 35.8. The van der Waals surface area contributed by atoms with E-state index in [-0.39, 0.29) is 11.5 Å². The maximum absolute atomic E-state index is 5.43. The smallest absolute Gasteiger partial charge is 0.0708 e. The number of fused-ring (bicyclic) bond motifs is 11. The van der Waals surface area contributed by atoms with Gasteiger partial charge in [0.25, 0.3) is 0 Å². The molecule has 0 spiro atoms. The van der Waals surface area contributed by atoms with Crippen molar-refractivity contribution in [3.8, 4) is 28.1 Å². The van der Waals surface area contributed by atoms with Gasteiger partial charge in [-0.25, -0.2) is 0 Å². The van der Waals surface area contributed by atoms with Crippen LogP contribution in [-0.2, 0) is 5.41 Å². The van der Waals surface area contributed by atoms with Crippen LogP contribution in [0.15, 0.2) is 218 Å². The summed E-state index contributed by atoms with van der Waals surface area (Å²) in [7, 11) is 0. The van der Waals surface area contributed by atoms with Crippen molar-refractivity contribution in [3.63, 3.8) is 0 Å². The maximum Gasteiger partial charge on any atom is 0.0708 e. The monoisotopic (exact) mass is 822 g/mol. The number of pyridine rings is 1. The van der Waals surface area contributed by atoms with Gasteiger partial charge in [-0.2, -0.15) is 0 Å². The Morgan fingerprint density at radius 1 is 0.594 bits per heavy atom. The second-order valence-corrected chi connectivity index (χ2v) is 18.1. The molecule has 0 N–H and O–H groups in total. The summed E-state index contributed by atoms with van der Waals surface area (Å²) in [5, 5.41) is 4.96. The molecule has 9 aromatic rings. The SMILES string of the molecule is CC1(c2ccc3ccc([C@H]4C=CC=CC4)cc3n2)C=CC=C(N2c3ccccc3-c3c(n(-c4ccc5c(c4)c4ccccc4n5C4C=CC=CC4)c4ccccc34)-c3ccccc32)C1. The number of para-hydroxylation sites is 4. The van der Waals surface area contributed by atoms with Crippen LogP contribution in [0.2, 0.25) is 0 Å². The Balaban J connectivity index is 0.972. The van der Waals surface area contributed by atoms with Crippen molar-refractivity contribution in [2.45, 2.75) is 43.6 Å². The Hall–Kier alpha value is -7.69. The van der Waals surface area contributed by atoms with Gasteiger partial charge in [0.15, 0.2) is 0 Å². The average molecular weight is 823 g/mol. The predicted octanol–water partition coefficient (Wildman–Crippen LogP) is 15.5. The van der Waals surface area contributed by atoms with Crippen LogP contribution in [0.25, 0.3) is 71.7 Å². The fourth-order valence-electron chi connectivity index (χ4n) is 11.2. The normalized spacial score (nSPS) is 19.9. The molecule has 3 atom stereocenters. The molecule has 2 unspecified atom stereocenters. The minimum Gasteiger partial charge on any atom is -0.333 e. The zero-order chi connectivity index (χ0) is 42.4. The van der Waals surface area contributed by atoms with Gasteiger partial charge in [-0.05, 0) is 79.1 Å². The molecule has 4 heterocycles. The standard InChI is InChI=1S/C60H46N4/c1-60(57-35-32-41-30-31-42(37-51(41)61-57)40-17-4-2-5-18-40)36-16-21-45(39-60)63-53-27-13-9-23-47(53)58-48-24-10-14-28-54(48)64(59(58)49-25-11-15-29-55(49)63)44-33-34-56-50(38-44)46-22-8-12-26-52(46)62(56)43-19-6-3-7-20-43/h2-17,19,21-38,40,43H,18,20,39H2,1H3/t40-,43?,60?/m0/s1. The summed E-state index contributed by atoms with van der Waals surface area (Å²) < 4.78 is 5.06. The first-order valence-electron chi connectivity index (χ1n) is 22.7. The third-order valence-corrected chi connectivity index (χ3v) is 14.2. The molecule has 3 aromatic heterocycles. The molecule has 0 fully saturated rings. The largest absolute Gasteiger partial charge is 0.333 e. The van der Waals surface area contributed by atoms with Gasteiger partial charge in [-0.3, -0.25) is 4.98 Å². The molecule has 13 rings (SSSR count). The maximum atomic E-state index is 5.43. The molecule has 0 amide bonds. The van der Waals surface area contributed by atoms with Gasteiger partial charge in [-0.1, -0.05) is 159 Å². The average Bonchev–Trinajstić information content (AvgIpc) is 3.83. The second-order valence-electron chi connectivity index (χ2n) is 18.1. The fourth-order valence-corrected chi connectivity index (χ4v) is 11.2. The molecule has 4 heteroatoms. The highest BCUT2D eigenvalue weighted by molar-refractivity contribution is 6.13. The summed E-state index contributed by atoms with van der Waals surface area (Å²) in [5.41, 5.74) is 16.5. The van der Waals surface area contributed by atoms with E-state index in [1.165, 1.54) is 83.1 Å². The van der Waals surface area contributed by atoms with E-state index >= 15 is 0 Å². The fraction of sp³-hybridized carbons (Fsp3) is 0.117. The molecule has 6 aromatic carbocycles. The van der Waals surface area contributed by atoms with Crippen molar-refractivity contribution in [2.24, 2.45) is 0 Å². The Bertz CT molecular complexity index is 3580. The lowest BCUT2D eigenvalue weighted by Gasteiger charge is -2.36. The van der Waals surface area contributed by atoms with Crippen LogP contribution in [0.1, 0.15) is 49.4 Å². The Labute approximate surface area is 373 Å². The molecule has 306 valence electrons. The molecule has 3 aliphatic carbocycles. The summed E-state index contributed by atoms with van der Waals surface area (Å²) in [5.74, 6) is 0.382. The summed E-state index contributed by atoms with van der Waals surface area (Å²) in [6, 6.07) is 54.7. The van der Waals surface area contributed by atoms with Crippen LogP contribution < -0.4 is 4.90 Å². The van der Waals surface area contributed by atoms with Gasteiger partial charge in [0.05, 0.1) is 39.8 Å². The third-order valence-electron chi connectivity index (χ3n) is 14.2. The molecule has 0 saturated heterocycles. The molecule has 0 saturated carbocycles. The topological polar surface area (TPSA) is 26.0 Å². The lowest BCUT2D eigenvalue weighted by Crippen LogP contribution is -2.29. The van der Waals surface area contributed by atoms with Crippen LogP contribution in [0.4, 0.5) is 11.4 Å². The van der Waals surface area contributed by atoms with E-state index in [1.807, 2.05) is 0 Å². The Morgan fingerprint density at radius 3 is 2.14 bits per heavy atom. The summed E-state index contributed by atoms with van der Waals surface area (Å²) in [6.07, 6.45) is 27.5. The van der Waals surface area contributed by atoms with Crippen molar-refractivity contribution >= 4 is 55.0 Å². The quantitative estimate of drug-likeness (QED) is 0.173. The Kier molecular flexibility index (Phi) is 8.33. The number of allylic oxidation sites excluding steroid dienone is 12. The van der Waals surface area contributed by atoms with Crippen molar-refractivity contribution < 1.29 is 0 Å². The molecule has 1 aliphatic heterocycles. The lowest BCUT2D eigenvalue weighted by molar-refractivity contribution is 0.559. The van der Waals surface area contributed by atoms with Crippen LogP contribution in [0, 0.1) is 0 Å². The van der Waals surface area contributed by atoms with Crippen molar-refractivity contribution in [2.75, 3.05) is 4.90 Å². The number of anilines is 2. The van der Waals surface area contributed by atoms with Gasteiger partial charge >= 0.3 is 0 Å². The number of nitrogens with zero attached hydrogens (tertiary/aromatic N) is 4. The Morgan fingerprint density at radius 2 is 1.31 bits per heavy atom. The molecule has 4 nitrogen and oxygen atoms in total. The molecule has 0 bridgehead atoms. The van der Waals surface area contributed by atoms with Gasteiger partial charge in [-0.15, -0.1) is 0 Å². The number of benzene rings is 6. The third kappa shape index (κ3) is 5.65. The van der Waals surface area contributed by atoms with Crippen LogP contribution in [0.3, 0.4) is 0 Å². The van der Waals surface area contributed by atoms with Crippen LogP contribution in [-0.4, -0.2) is 14.1 Å². The van der Waals surface area contributed by atoms with Crippen molar-refractivity contribution in [1.29, 1.82) is 0 Å². The number of aromatic nitrogens is 3. The molecular formula is C60H46N4. The summed E-state index contributed by atoms with van der Waals surface area (Å²) >= 11 is 0. The number of rotatable bonds is 5. The lowest BCUT2D eigenvalue weighted by atomic mass is 9.78. The first kappa shape index (κ1) is 36.9.